The number of carbonyl (C=O) groups excluding carboxylic acids is 2. The standard InChI is InChI=1S/C11H21N3O2/c1-7(8(2)12)9(15)14-6-5-13-10(16)11(14,3)4/h7-8H,5-6,12H2,1-4H3,(H,13,16). The fourth-order valence-electron chi connectivity index (χ4n) is 1.76. The molecule has 2 amide bonds. The molecule has 16 heavy (non-hydrogen) atoms. The van der Waals surface area contributed by atoms with Crippen LogP contribution in [-0.2, 0) is 9.59 Å². The Balaban J connectivity index is 2.86. The highest BCUT2D eigenvalue weighted by Gasteiger charge is 2.41. The molecular weight excluding hydrogens is 206 g/mol. The van der Waals surface area contributed by atoms with E-state index in [2.05, 4.69) is 5.32 Å². The number of nitrogens with zero attached hydrogens (tertiary/aromatic N) is 1. The quantitative estimate of drug-likeness (QED) is 0.680. The van der Waals surface area contributed by atoms with Crippen LogP contribution in [0.4, 0.5) is 0 Å². The summed E-state index contributed by atoms with van der Waals surface area (Å²) in [5, 5.41) is 2.76. The van der Waals surface area contributed by atoms with Crippen molar-refractivity contribution < 1.29 is 9.59 Å². The molecule has 1 fully saturated rings. The molecule has 0 bridgehead atoms. The maximum Gasteiger partial charge on any atom is 0.245 e. The number of hydrogen-bond donors (Lipinski definition) is 2. The van der Waals surface area contributed by atoms with E-state index in [4.69, 9.17) is 5.73 Å². The lowest BCUT2D eigenvalue weighted by molar-refractivity contribution is -0.152. The molecule has 1 rings (SSSR count). The number of nitrogens with two attached hydrogens (primary N) is 1. The Labute approximate surface area is 96.4 Å². The molecular formula is C11H21N3O2. The lowest BCUT2D eigenvalue weighted by Gasteiger charge is -2.42. The number of piperazine rings is 1. The number of nitrogens with one attached hydrogen (secondary N) is 1. The van der Waals surface area contributed by atoms with E-state index < -0.39 is 5.54 Å². The second-order valence-electron chi connectivity index (χ2n) is 4.95. The van der Waals surface area contributed by atoms with Gasteiger partial charge in [-0.15, -0.1) is 0 Å². The fourth-order valence-corrected chi connectivity index (χ4v) is 1.76. The third-order valence-corrected chi connectivity index (χ3v) is 3.30. The highest BCUT2D eigenvalue weighted by atomic mass is 16.2. The average molecular weight is 227 g/mol. The Kier molecular flexibility index (Phi) is 3.57. The molecule has 0 aliphatic carbocycles. The van der Waals surface area contributed by atoms with Crippen LogP contribution >= 0.6 is 0 Å². The van der Waals surface area contributed by atoms with E-state index in [1.165, 1.54) is 0 Å². The van der Waals surface area contributed by atoms with Crippen molar-refractivity contribution in [3.8, 4) is 0 Å². The van der Waals surface area contributed by atoms with Gasteiger partial charge < -0.3 is 16.0 Å². The Morgan fingerprint density at radius 3 is 2.56 bits per heavy atom. The first-order valence-electron chi connectivity index (χ1n) is 5.64. The summed E-state index contributed by atoms with van der Waals surface area (Å²) in [4.78, 5) is 25.5. The van der Waals surface area contributed by atoms with Gasteiger partial charge in [-0.3, -0.25) is 9.59 Å². The van der Waals surface area contributed by atoms with Crippen molar-refractivity contribution >= 4 is 11.8 Å². The number of rotatable bonds is 2. The van der Waals surface area contributed by atoms with Gasteiger partial charge in [-0.05, 0) is 20.8 Å². The molecule has 2 unspecified atom stereocenters. The molecule has 0 aromatic rings. The van der Waals surface area contributed by atoms with Gasteiger partial charge in [-0.2, -0.15) is 0 Å². The van der Waals surface area contributed by atoms with Gasteiger partial charge in [0.05, 0.1) is 5.92 Å². The highest BCUT2D eigenvalue weighted by molar-refractivity contribution is 5.92. The monoisotopic (exact) mass is 227 g/mol. The van der Waals surface area contributed by atoms with Gasteiger partial charge in [0.2, 0.25) is 11.8 Å². The van der Waals surface area contributed by atoms with Crippen LogP contribution in [-0.4, -0.2) is 41.4 Å². The third-order valence-electron chi connectivity index (χ3n) is 3.30. The molecule has 3 N–H and O–H groups in total. The van der Waals surface area contributed by atoms with Gasteiger partial charge in [0, 0.05) is 19.1 Å². The first kappa shape index (κ1) is 13.0. The Morgan fingerprint density at radius 2 is 2.06 bits per heavy atom. The molecule has 5 heteroatoms. The van der Waals surface area contributed by atoms with Crippen molar-refractivity contribution in [2.75, 3.05) is 13.1 Å². The predicted octanol–water partition coefficient (Wildman–Crippen LogP) is -0.293. The second kappa shape index (κ2) is 4.41. The summed E-state index contributed by atoms with van der Waals surface area (Å²) < 4.78 is 0. The van der Waals surface area contributed by atoms with E-state index in [0.717, 1.165) is 0 Å². The van der Waals surface area contributed by atoms with Gasteiger partial charge in [0.25, 0.3) is 0 Å². The largest absolute Gasteiger partial charge is 0.352 e. The van der Waals surface area contributed by atoms with Crippen molar-refractivity contribution in [1.29, 1.82) is 0 Å². The SMILES string of the molecule is CC(N)C(C)C(=O)N1CCNC(=O)C1(C)C. The molecule has 1 heterocycles. The molecule has 0 saturated carbocycles. The number of hydrogen-bond acceptors (Lipinski definition) is 3. The average Bonchev–Trinajstić information content (AvgIpc) is 2.19. The van der Waals surface area contributed by atoms with E-state index in [0.29, 0.717) is 13.1 Å². The smallest absolute Gasteiger partial charge is 0.245 e. The Bertz CT molecular complexity index is 300. The summed E-state index contributed by atoms with van der Waals surface area (Å²) >= 11 is 0. The van der Waals surface area contributed by atoms with E-state index in [-0.39, 0.29) is 23.8 Å². The summed E-state index contributed by atoms with van der Waals surface area (Å²) in [6.45, 7) is 8.18. The Hall–Kier alpha value is -1.10. The topological polar surface area (TPSA) is 75.4 Å². The molecule has 92 valence electrons. The lowest BCUT2D eigenvalue weighted by atomic mass is 9.94. The normalized spacial score (nSPS) is 23.6. The summed E-state index contributed by atoms with van der Waals surface area (Å²) in [6.07, 6.45) is 0. The summed E-state index contributed by atoms with van der Waals surface area (Å²) in [5.74, 6) is -0.413. The van der Waals surface area contributed by atoms with Crippen molar-refractivity contribution in [3.63, 3.8) is 0 Å². The Morgan fingerprint density at radius 1 is 1.50 bits per heavy atom. The minimum absolute atomic E-state index is 0.0464. The molecule has 1 aliphatic heterocycles. The van der Waals surface area contributed by atoms with Crippen LogP contribution in [0.15, 0.2) is 0 Å². The molecule has 0 radical (unpaired) electrons. The van der Waals surface area contributed by atoms with Crippen molar-refractivity contribution in [2.24, 2.45) is 11.7 Å². The van der Waals surface area contributed by atoms with Crippen LogP contribution in [0.5, 0.6) is 0 Å². The van der Waals surface area contributed by atoms with E-state index >= 15 is 0 Å². The summed E-state index contributed by atoms with van der Waals surface area (Å²) in [6, 6.07) is -0.201. The number of amides is 2. The molecule has 2 atom stereocenters. The third kappa shape index (κ3) is 2.19. The fraction of sp³-hybridized carbons (Fsp3) is 0.818. The first-order valence-corrected chi connectivity index (χ1v) is 5.64. The molecule has 1 aliphatic rings. The maximum absolute atomic E-state index is 12.2. The van der Waals surface area contributed by atoms with Crippen molar-refractivity contribution in [1.82, 2.24) is 10.2 Å². The van der Waals surface area contributed by atoms with Crippen molar-refractivity contribution in [2.45, 2.75) is 39.3 Å². The van der Waals surface area contributed by atoms with Crippen LogP contribution in [0.2, 0.25) is 0 Å². The van der Waals surface area contributed by atoms with Gasteiger partial charge in [0.1, 0.15) is 5.54 Å². The second-order valence-corrected chi connectivity index (χ2v) is 4.95. The molecule has 0 aromatic heterocycles. The van der Waals surface area contributed by atoms with Crippen LogP contribution in [0.1, 0.15) is 27.7 Å². The zero-order chi connectivity index (χ0) is 12.5. The van der Waals surface area contributed by atoms with Gasteiger partial charge in [-0.1, -0.05) is 6.92 Å². The van der Waals surface area contributed by atoms with Crippen molar-refractivity contribution in [3.05, 3.63) is 0 Å². The summed E-state index contributed by atoms with van der Waals surface area (Å²) in [7, 11) is 0. The zero-order valence-corrected chi connectivity index (χ0v) is 10.4. The maximum atomic E-state index is 12.2. The highest BCUT2D eigenvalue weighted by Crippen LogP contribution is 2.20. The van der Waals surface area contributed by atoms with E-state index in [9.17, 15) is 9.59 Å². The summed E-state index contributed by atoms with van der Waals surface area (Å²) in [5.41, 5.74) is 4.94. The first-order chi connectivity index (χ1) is 7.28. The molecule has 1 saturated heterocycles. The number of carbonyl (C=O) groups is 2. The van der Waals surface area contributed by atoms with Gasteiger partial charge >= 0.3 is 0 Å². The van der Waals surface area contributed by atoms with Gasteiger partial charge in [0.15, 0.2) is 0 Å². The van der Waals surface area contributed by atoms with Crippen LogP contribution in [0.3, 0.4) is 0 Å². The van der Waals surface area contributed by atoms with Crippen LogP contribution in [0.25, 0.3) is 0 Å². The van der Waals surface area contributed by atoms with E-state index in [1.807, 2.05) is 0 Å². The molecule has 5 nitrogen and oxygen atoms in total. The zero-order valence-electron chi connectivity index (χ0n) is 10.4. The minimum atomic E-state index is -0.779. The molecule has 0 spiro atoms. The van der Waals surface area contributed by atoms with Crippen LogP contribution in [0, 0.1) is 5.92 Å². The minimum Gasteiger partial charge on any atom is -0.352 e. The van der Waals surface area contributed by atoms with Crippen LogP contribution < -0.4 is 11.1 Å². The predicted molar refractivity (Wildman–Crippen MR) is 61.6 cm³/mol. The van der Waals surface area contributed by atoms with E-state index in [1.54, 1.807) is 32.6 Å². The van der Waals surface area contributed by atoms with Gasteiger partial charge in [-0.25, -0.2) is 0 Å². The molecule has 0 aromatic carbocycles. The lowest BCUT2D eigenvalue weighted by Crippen LogP contribution is -2.64.